The Morgan fingerprint density at radius 2 is 1.94 bits per heavy atom. The molecule has 0 aliphatic heterocycles. The van der Waals surface area contributed by atoms with Crippen LogP contribution >= 0.6 is 0 Å². The van der Waals surface area contributed by atoms with Crippen LogP contribution < -0.4 is 5.32 Å². The van der Waals surface area contributed by atoms with Crippen LogP contribution in [0.1, 0.15) is 35.6 Å². The highest BCUT2D eigenvalue weighted by atomic mass is 15.1. The van der Waals surface area contributed by atoms with Gasteiger partial charge in [-0.1, -0.05) is 23.8 Å². The van der Waals surface area contributed by atoms with Crippen LogP contribution in [0.25, 0.3) is 0 Å². The van der Waals surface area contributed by atoms with Crippen LogP contribution in [0.5, 0.6) is 0 Å². The standard InChI is InChI=1S/C15H26N2/c1-12-8-9-14(13(2)11-12)15(17(4)5)7-6-10-16-3/h8-9,11,15-16H,6-7,10H2,1-5H3. The van der Waals surface area contributed by atoms with Crippen LogP contribution in [0.15, 0.2) is 18.2 Å². The predicted octanol–water partition coefficient (Wildman–Crippen LogP) is 2.91. The molecule has 0 bridgehead atoms. The molecule has 1 N–H and O–H groups in total. The fourth-order valence-electron chi connectivity index (χ4n) is 2.36. The summed E-state index contributed by atoms with van der Waals surface area (Å²) >= 11 is 0. The molecule has 2 heteroatoms. The van der Waals surface area contributed by atoms with Gasteiger partial charge >= 0.3 is 0 Å². The van der Waals surface area contributed by atoms with Crippen molar-refractivity contribution in [3.05, 3.63) is 34.9 Å². The summed E-state index contributed by atoms with van der Waals surface area (Å²) in [6.45, 7) is 5.47. The third kappa shape index (κ3) is 4.14. The van der Waals surface area contributed by atoms with Gasteiger partial charge in [0, 0.05) is 6.04 Å². The van der Waals surface area contributed by atoms with E-state index in [0.29, 0.717) is 6.04 Å². The van der Waals surface area contributed by atoms with Gasteiger partial charge in [-0.15, -0.1) is 0 Å². The Hall–Kier alpha value is -0.860. The summed E-state index contributed by atoms with van der Waals surface area (Å²) in [6.07, 6.45) is 2.42. The summed E-state index contributed by atoms with van der Waals surface area (Å²) in [5.74, 6) is 0. The summed E-state index contributed by atoms with van der Waals surface area (Å²) in [4.78, 5) is 2.33. The van der Waals surface area contributed by atoms with Crippen LogP contribution in [0.2, 0.25) is 0 Å². The first-order valence-electron chi connectivity index (χ1n) is 6.44. The van der Waals surface area contributed by atoms with E-state index in [0.717, 1.165) is 6.54 Å². The van der Waals surface area contributed by atoms with E-state index in [1.54, 1.807) is 0 Å². The van der Waals surface area contributed by atoms with Gasteiger partial charge in [-0.05, 0) is 65.5 Å². The average molecular weight is 234 g/mol. The molecule has 0 saturated heterocycles. The molecule has 0 spiro atoms. The molecule has 17 heavy (non-hydrogen) atoms. The minimum absolute atomic E-state index is 0.531. The second-order valence-electron chi connectivity index (χ2n) is 5.09. The monoisotopic (exact) mass is 234 g/mol. The molecule has 0 amide bonds. The number of nitrogens with one attached hydrogen (secondary N) is 1. The lowest BCUT2D eigenvalue weighted by Crippen LogP contribution is -2.22. The number of aryl methyl sites for hydroxylation is 2. The Morgan fingerprint density at radius 1 is 1.24 bits per heavy atom. The van der Waals surface area contributed by atoms with E-state index in [-0.39, 0.29) is 0 Å². The molecule has 0 aliphatic rings. The van der Waals surface area contributed by atoms with E-state index >= 15 is 0 Å². The zero-order chi connectivity index (χ0) is 12.8. The van der Waals surface area contributed by atoms with Gasteiger partial charge < -0.3 is 10.2 Å². The van der Waals surface area contributed by atoms with E-state index < -0.39 is 0 Å². The lowest BCUT2D eigenvalue weighted by atomic mass is 9.95. The Kier molecular flexibility index (Phi) is 5.66. The summed E-state index contributed by atoms with van der Waals surface area (Å²) < 4.78 is 0. The number of hydrogen-bond acceptors (Lipinski definition) is 2. The van der Waals surface area contributed by atoms with Gasteiger partial charge in [0.25, 0.3) is 0 Å². The van der Waals surface area contributed by atoms with Gasteiger partial charge in [0.15, 0.2) is 0 Å². The van der Waals surface area contributed by atoms with Crippen molar-refractivity contribution in [3.8, 4) is 0 Å². The van der Waals surface area contributed by atoms with Crippen molar-refractivity contribution in [3.63, 3.8) is 0 Å². The normalized spacial score (nSPS) is 13.1. The summed E-state index contributed by atoms with van der Waals surface area (Å²) in [5.41, 5.74) is 4.23. The molecule has 0 radical (unpaired) electrons. The summed E-state index contributed by atoms with van der Waals surface area (Å²) in [5, 5.41) is 3.22. The number of nitrogens with zero attached hydrogens (tertiary/aromatic N) is 1. The molecule has 0 aromatic heterocycles. The van der Waals surface area contributed by atoms with Crippen LogP contribution in [0.3, 0.4) is 0 Å². The molecule has 1 rings (SSSR count). The van der Waals surface area contributed by atoms with Crippen molar-refractivity contribution in [1.29, 1.82) is 0 Å². The highest BCUT2D eigenvalue weighted by molar-refractivity contribution is 5.32. The fraction of sp³-hybridized carbons (Fsp3) is 0.600. The SMILES string of the molecule is CNCCCC(c1ccc(C)cc1C)N(C)C. The van der Waals surface area contributed by atoms with Crippen molar-refractivity contribution in [2.45, 2.75) is 32.7 Å². The molecule has 0 aliphatic carbocycles. The van der Waals surface area contributed by atoms with Crippen molar-refractivity contribution >= 4 is 0 Å². The van der Waals surface area contributed by atoms with Crippen LogP contribution in [-0.4, -0.2) is 32.6 Å². The molecule has 1 atom stereocenters. The zero-order valence-electron chi connectivity index (χ0n) is 11.9. The maximum atomic E-state index is 3.22. The Balaban J connectivity index is 2.82. The molecule has 1 aromatic rings. The average Bonchev–Trinajstić information content (AvgIpc) is 2.25. The Labute approximate surface area is 106 Å². The van der Waals surface area contributed by atoms with E-state index in [1.165, 1.54) is 29.5 Å². The molecule has 0 saturated carbocycles. The highest BCUT2D eigenvalue weighted by Gasteiger charge is 2.15. The van der Waals surface area contributed by atoms with E-state index in [9.17, 15) is 0 Å². The number of hydrogen-bond donors (Lipinski definition) is 1. The summed E-state index contributed by atoms with van der Waals surface area (Å²) in [7, 11) is 6.36. The molecule has 0 heterocycles. The molecule has 2 nitrogen and oxygen atoms in total. The van der Waals surface area contributed by atoms with Crippen molar-refractivity contribution < 1.29 is 0 Å². The topological polar surface area (TPSA) is 15.3 Å². The molecule has 1 unspecified atom stereocenters. The first kappa shape index (κ1) is 14.2. The Bertz CT molecular complexity index is 345. The van der Waals surface area contributed by atoms with Crippen LogP contribution in [0.4, 0.5) is 0 Å². The van der Waals surface area contributed by atoms with Gasteiger partial charge in [0.1, 0.15) is 0 Å². The number of benzene rings is 1. The fourth-order valence-corrected chi connectivity index (χ4v) is 2.36. The molecular weight excluding hydrogens is 208 g/mol. The molecule has 96 valence electrons. The maximum Gasteiger partial charge on any atom is 0.0345 e. The molecule has 1 aromatic carbocycles. The second kappa shape index (κ2) is 6.77. The first-order chi connectivity index (χ1) is 8.06. The maximum absolute atomic E-state index is 3.22. The van der Waals surface area contributed by atoms with Crippen molar-refractivity contribution in [2.24, 2.45) is 0 Å². The van der Waals surface area contributed by atoms with E-state index in [2.05, 4.69) is 56.4 Å². The third-order valence-electron chi connectivity index (χ3n) is 3.31. The van der Waals surface area contributed by atoms with Gasteiger partial charge in [0.05, 0.1) is 0 Å². The Morgan fingerprint density at radius 3 is 2.47 bits per heavy atom. The zero-order valence-corrected chi connectivity index (χ0v) is 11.9. The van der Waals surface area contributed by atoms with Gasteiger partial charge in [-0.25, -0.2) is 0 Å². The number of rotatable bonds is 6. The first-order valence-corrected chi connectivity index (χ1v) is 6.44. The van der Waals surface area contributed by atoms with Gasteiger partial charge in [0.2, 0.25) is 0 Å². The lowest BCUT2D eigenvalue weighted by molar-refractivity contribution is 0.278. The molecular formula is C15H26N2. The van der Waals surface area contributed by atoms with E-state index in [4.69, 9.17) is 0 Å². The van der Waals surface area contributed by atoms with Crippen molar-refractivity contribution in [1.82, 2.24) is 10.2 Å². The van der Waals surface area contributed by atoms with Crippen LogP contribution in [-0.2, 0) is 0 Å². The highest BCUT2D eigenvalue weighted by Crippen LogP contribution is 2.26. The predicted molar refractivity (Wildman–Crippen MR) is 75.5 cm³/mol. The largest absolute Gasteiger partial charge is 0.320 e. The van der Waals surface area contributed by atoms with Gasteiger partial charge in [-0.3, -0.25) is 0 Å². The molecule has 0 fully saturated rings. The van der Waals surface area contributed by atoms with Crippen LogP contribution in [0, 0.1) is 13.8 Å². The second-order valence-corrected chi connectivity index (χ2v) is 5.09. The van der Waals surface area contributed by atoms with Gasteiger partial charge in [-0.2, -0.15) is 0 Å². The third-order valence-corrected chi connectivity index (χ3v) is 3.31. The quantitative estimate of drug-likeness (QED) is 0.761. The minimum atomic E-state index is 0.531. The minimum Gasteiger partial charge on any atom is -0.320 e. The van der Waals surface area contributed by atoms with E-state index in [1.807, 2.05) is 7.05 Å². The smallest absolute Gasteiger partial charge is 0.0345 e. The lowest BCUT2D eigenvalue weighted by Gasteiger charge is -2.26. The summed E-state index contributed by atoms with van der Waals surface area (Å²) in [6, 6.07) is 7.32. The van der Waals surface area contributed by atoms with Crippen molar-refractivity contribution in [2.75, 3.05) is 27.7 Å².